The average molecular weight is 329 g/mol. The van der Waals surface area contributed by atoms with Crippen molar-refractivity contribution < 1.29 is 4.39 Å². The van der Waals surface area contributed by atoms with E-state index in [4.69, 9.17) is 9.97 Å². The predicted molar refractivity (Wildman–Crippen MR) is 95.7 cm³/mol. The van der Waals surface area contributed by atoms with Crippen molar-refractivity contribution in [2.24, 2.45) is 0 Å². The molecule has 24 heavy (non-hydrogen) atoms. The Bertz CT molecular complexity index is 791. The maximum absolute atomic E-state index is 14.1. The molecule has 6 heteroatoms. The number of hydrogen-bond acceptors (Lipinski definition) is 5. The molecule has 4 rings (SSSR count). The molecule has 0 radical (unpaired) electrons. The Morgan fingerprint density at radius 3 is 2.79 bits per heavy atom. The predicted octanol–water partition coefficient (Wildman–Crippen LogP) is 2.53. The van der Waals surface area contributed by atoms with E-state index in [2.05, 4.69) is 17.6 Å². The largest absolute Gasteiger partial charge is 0.387 e. The number of anilines is 2. The number of fused-ring (bicyclic) bond motifs is 2. The lowest BCUT2D eigenvalue weighted by atomic mass is 10.0. The van der Waals surface area contributed by atoms with Crippen molar-refractivity contribution in [3.05, 3.63) is 22.9 Å². The fraction of sp³-hybridized carbons (Fsp3) is 0.556. The monoisotopic (exact) mass is 329 g/mol. The molecule has 0 saturated carbocycles. The molecule has 5 nitrogen and oxygen atoms in total. The SMILES string of the molecule is CNc1cc(N[C@H]2CN(C)C[C@@H]2F)nc2nc3c(c(C)c12)CCC3. The highest BCUT2D eigenvalue weighted by Crippen LogP contribution is 2.34. The molecule has 0 bridgehead atoms. The Morgan fingerprint density at radius 1 is 1.25 bits per heavy atom. The summed E-state index contributed by atoms with van der Waals surface area (Å²) in [6.45, 7) is 3.31. The smallest absolute Gasteiger partial charge is 0.164 e. The number of aryl methyl sites for hydroxylation is 2. The van der Waals surface area contributed by atoms with Crippen molar-refractivity contribution in [3.63, 3.8) is 0 Å². The molecule has 0 unspecified atom stereocenters. The second kappa shape index (κ2) is 5.84. The number of hydrogen-bond donors (Lipinski definition) is 2. The number of likely N-dealkylation sites (tertiary alicyclic amines) is 1. The molecule has 1 saturated heterocycles. The lowest BCUT2D eigenvalue weighted by Crippen LogP contribution is -2.30. The minimum absolute atomic E-state index is 0.222. The summed E-state index contributed by atoms with van der Waals surface area (Å²) in [7, 11) is 3.85. The van der Waals surface area contributed by atoms with E-state index in [1.165, 1.54) is 16.8 Å². The molecule has 2 aromatic rings. The van der Waals surface area contributed by atoms with Crippen LogP contribution in [0.15, 0.2) is 6.07 Å². The lowest BCUT2D eigenvalue weighted by molar-refractivity contribution is 0.314. The second-order valence-corrected chi connectivity index (χ2v) is 7.01. The fourth-order valence-corrected chi connectivity index (χ4v) is 4.06. The van der Waals surface area contributed by atoms with Crippen LogP contribution in [-0.4, -0.2) is 54.3 Å². The summed E-state index contributed by atoms with van der Waals surface area (Å²) >= 11 is 0. The Balaban J connectivity index is 1.77. The molecule has 0 spiro atoms. The summed E-state index contributed by atoms with van der Waals surface area (Å²) in [5.41, 5.74) is 5.59. The highest BCUT2D eigenvalue weighted by molar-refractivity contribution is 5.94. The molecular formula is C18H24FN5. The molecule has 128 valence electrons. The van der Waals surface area contributed by atoms with Crippen LogP contribution in [0.2, 0.25) is 0 Å². The molecule has 3 heterocycles. The number of alkyl halides is 1. The molecule has 0 amide bonds. The highest BCUT2D eigenvalue weighted by Gasteiger charge is 2.31. The van der Waals surface area contributed by atoms with Crippen molar-refractivity contribution in [3.8, 4) is 0 Å². The van der Waals surface area contributed by atoms with E-state index in [-0.39, 0.29) is 6.04 Å². The normalized spacial score (nSPS) is 23.7. The number of rotatable bonds is 3. The van der Waals surface area contributed by atoms with Crippen molar-refractivity contribution >= 4 is 22.5 Å². The Labute approximate surface area is 141 Å². The summed E-state index contributed by atoms with van der Waals surface area (Å²) in [5.74, 6) is 0.694. The van der Waals surface area contributed by atoms with Gasteiger partial charge in [-0.25, -0.2) is 14.4 Å². The maximum atomic E-state index is 14.1. The molecule has 2 aromatic heterocycles. The van der Waals surface area contributed by atoms with Crippen molar-refractivity contribution in [1.82, 2.24) is 14.9 Å². The van der Waals surface area contributed by atoms with Gasteiger partial charge in [-0.1, -0.05) is 0 Å². The highest BCUT2D eigenvalue weighted by atomic mass is 19.1. The topological polar surface area (TPSA) is 53.1 Å². The van der Waals surface area contributed by atoms with Gasteiger partial charge >= 0.3 is 0 Å². The minimum atomic E-state index is -0.875. The number of likely N-dealkylation sites (N-methyl/N-ethyl adjacent to an activating group) is 1. The molecule has 2 N–H and O–H groups in total. The summed E-state index contributed by atoms with van der Waals surface area (Å²) in [4.78, 5) is 11.5. The third-order valence-electron chi connectivity index (χ3n) is 5.29. The summed E-state index contributed by atoms with van der Waals surface area (Å²) < 4.78 is 14.1. The maximum Gasteiger partial charge on any atom is 0.164 e. The third-order valence-corrected chi connectivity index (χ3v) is 5.29. The number of pyridine rings is 2. The standard InChI is InChI=1S/C18H24FN5/c1-10-11-5-4-6-13(11)22-18-17(10)14(20-2)7-16(23-18)21-15-9-24(3)8-12(15)19/h7,12,15H,4-6,8-9H2,1-3H3,(H2,20,21,22,23)/t12-,15-/m0/s1. The van der Waals surface area contributed by atoms with Gasteiger partial charge in [-0.2, -0.15) is 0 Å². The Morgan fingerprint density at radius 2 is 2.08 bits per heavy atom. The van der Waals surface area contributed by atoms with Crippen LogP contribution in [0, 0.1) is 6.92 Å². The van der Waals surface area contributed by atoms with Gasteiger partial charge in [-0.3, -0.25) is 0 Å². The van der Waals surface area contributed by atoms with Crippen molar-refractivity contribution in [1.29, 1.82) is 0 Å². The summed E-state index contributed by atoms with van der Waals surface area (Å²) in [6, 6.07) is 1.75. The average Bonchev–Trinajstić information content (AvgIpc) is 3.13. The van der Waals surface area contributed by atoms with Crippen LogP contribution in [-0.2, 0) is 12.8 Å². The van der Waals surface area contributed by atoms with Crippen LogP contribution >= 0.6 is 0 Å². The summed E-state index contributed by atoms with van der Waals surface area (Å²) in [5, 5.41) is 7.62. The fourth-order valence-electron chi connectivity index (χ4n) is 4.06. The zero-order valence-corrected chi connectivity index (χ0v) is 14.5. The first-order chi connectivity index (χ1) is 11.6. The quantitative estimate of drug-likeness (QED) is 0.906. The van der Waals surface area contributed by atoms with E-state index in [0.29, 0.717) is 18.9 Å². The van der Waals surface area contributed by atoms with Crippen LogP contribution < -0.4 is 10.6 Å². The van der Waals surface area contributed by atoms with E-state index in [1.807, 2.05) is 25.1 Å². The van der Waals surface area contributed by atoms with E-state index < -0.39 is 6.17 Å². The van der Waals surface area contributed by atoms with Gasteiger partial charge in [-0.05, 0) is 44.4 Å². The molecular weight excluding hydrogens is 305 g/mol. The van der Waals surface area contributed by atoms with Crippen LogP contribution in [0.4, 0.5) is 15.9 Å². The first kappa shape index (κ1) is 15.6. The number of aromatic nitrogens is 2. The van der Waals surface area contributed by atoms with Gasteiger partial charge in [0, 0.05) is 43.0 Å². The first-order valence-corrected chi connectivity index (χ1v) is 8.67. The van der Waals surface area contributed by atoms with Gasteiger partial charge in [0.2, 0.25) is 0 Å². The van der Waals surface area contributed by atoms with Gasteiger partial charge in [0.15, 0.2) is 5.65 Å². The third kappa shape index (κ3) is 2.49. The van der Waals surface area contributed by atoms with E-state index >= 15 is 0 Å². The molecule has 1 aliphatic heterocycles. The Kier molecular flexibility index (Phi) is 3.79. The van der Waals surface area contributed by atoms with E-state index in [1.54, 1.807) is 0 Å². The van der Waals surface area contributed by atoms with E-state index in [0.717, 1.165) is 36.0 Å². The number of nitrogens with one attached hydrogen (secondary N) is 2. The molecule has 2 atom stereocenters. The van der Waals surface area contributed by atoms with Gasteiger partial charge in [0.05, 0.1) is 6.04 Å². The van der Waals surface area contributed by atoms with Crippen LogP contribution in [0.3, 0.4) is 0 Å². The van der Waals surface area contributed by atoms with Gasteiger partial charge in [-0.15, -0.1) is 0 Å². The molecule has 1 fully saturated rings. The van der Waals surface area contributed by atoms with E-state index in [9.17, 15) is 4.39 Å². The zero-order chi connectivity index (χ0) is 16.8. The summed E-state index contributed by atoms with van der Waals surface area (Å²) in [6.07, 6.45) is 2.42. The number of halogens is 1. The van der Waals surface area contributed by atoms with Crippen molar-refractivity contribution in [2.75, 3.05) is 37.8 Å². The van der Waals surface area contributed by atoms with Gasteiger partial charge < -0.3 is 15.5 Å². The first-order valence-electron chi connectivity index (χ1n) is 8.67. The molecule has 2 aliphatic rings. The second-order valence-electron chi connectivity index (χ2n) is 7.01. The molecule has 1 aliphatic carbocycles. The minimum Gasteiger partial charge on any atom is -0.387 e. The van der Waals surface area contributed by atoms with Gasteiger partial charge in [0.1, 0.15) is 12.0 Å². The van der Waals surface area contributed by atoms with Crippen LogP contribution in [0.1, 0.15) is 23.2 Å². The van der Waals surface area contributed by atoms with Crippen LogP contribution in [0.25, 0.3) is 11.0 Å². The van der Waals surface area contributed by atoms with Crippen LogP contribution in [0.5, 0.6) is 0 Å². The molecule has 0 aromatic carbocycles. The van der Waals surface area contributed by atoms with Crippen molar-refractivity contribution in [2.45, 2.75) is 38.4 Å². The Hall–Kier alpha value is -1.95. The van der Waals surface area contributed by atoms with Gasteiger partial charge in [0.25, 0.3) is 0 Å². The number of nitrogens with zero attached hydrogens (tertiary/aromatic N) is 3. The zero-order valence-electron chi connectivity index (χ0n) is 14.5. The lowest BCUT2D eigenvalue weighted by Gasteiger charge is -2.18.